The van der Waals surface area contributed by atoms with Crippen molar-refractivity contribution in [2.75, 3.05) is 25.1 Å². The summed E-state index contributed by atoms with van der Waals surface area (Å²) in [6.45, 7) is 11.5. The van der Waals surface area contributed by atoms with Crippen LogP contribution in [0.5, 0.6) is 5.75 Å². The molecule has 1 aromatic heterocycles. The predicted octanol–water partition coefficient (Wildman–Crippen LogP) is 8.06. The van der Waals surface area contributed by atoms with Crippen LogP contribution < -0.4 is 9.64 Å². The van der Waals surface area contributed by atoms with E-state index in [2.05, 4.69) is 50.1 Å². The first-order chi connectivity index (χ1) is 14.6. The van der Waals surface area contributed by atoms with E-state index >= 15 is 0 Å². The highest BCUT2D eigenvalue weighted by molar-refractivity contribution is 7.14. The maximum Gasteiger partial charge on any atom is 0.185 e. The molecule has 2 rings (SSSR count). The van der Waals surface area contributed by atoms with Gasteiger partial charge in [-0.1, -0.05) is 66.2 Å². The van der Waals surface area contributed by atoms with Crippen molar-refractivity contribution in [3.8, 4) is 17.0 Å². The molecule has 0 bridgehead atoms. The van der Waals surface area contributed by atoms with Gasteiger partial charge in [0.15, 0.2) is 5.13 Å². The number of nitrogens with zero attached hydrogens (tertiary/aromatic N) is 2. The largest absolute Gasteiger partial charge is 0.497 e. The van der Waals surface area contributed by atoms with E-state index in [4.69, 9.17) is 9.72 Å². The molecular weight excluding hydrogens is 388 g/mol. The molecule has 1 aromatic carbocycles. The van der Waals surface area contributed by atoms with Crippen molar-refractivity contribution in [3.63, 3.8) is 0 Å². The van der Waals surface area contributed by atoms with E-state index in [0.717, 1.165) is 41.9 Å². The second-order valence-electron chi connectivity index (χ2n) is 8.48. The number of benzene rings is 1. The van der Waals surface area contributed by atoms with Gasteiger partial charge in [0.05, 0.1) is 12.8 Å². The van der Waals surface area contributed by atoms with Crippen molar-refractivity contribution < 1.29 is 4.74 Å². The molecule has 2 atom stereocenters. The number of rotatable bonds is 15. The van der Waals surface area contributed by atoms with Crippen LogP contribution >= 0.6 is 11.3 Å². The molecule has 2 aromatic rings. The summed E-state index contributed by atoms with van der Waals surface area (Å²) in [5, 5.41) is 3.40. The summed E-state index contributed by atoms with van der Waals surface area (Å²) in [5.41, 5.74) is 2.24. The lowest BCUT2D eigenvalue weighted by Gasteiger charge is -2.30. The lowest BCUT2D eigenvalue weighted by molar-refractivity contribution is 0.403. The first-order valence-corrected chi connectivity index (χ1v) is 12.9. The first kappa shape index (κ1) is 24.7. The van der Waals surface area contributed by atoms with Gasteiger partial charge >= 0.3 is 0 Å². The zero-order valence-electron chi connectivity index (χ0n) is 19.8. The molecule has 0 radical (unpaired) electrons. The molecule has 1 heterocycles. The molecule has 168 valence electrons. The average Bonchev–Trinajstić information content (AvgIpc) is 3.28. The molecule has 0 N–H and O–H groups in total. The van der Waals surface area contributed by atoms with Crippen molar-refractivity contribution in [2.45, 2.75) is 79.1 Å². The average molecular weight is 431 g/mol. The van der Waals surface area contributed by atoms with Crippen LogP contribution in [0.1, 0.15) is 79.1 Å². The Hall–Kier alpha value is -1.55. The third-order valence-electron chi connectivity index (χ3n) is 6.19. The van der Waals surface area contributed by atoms with Crippen LogP contribution in [0.15, 0.2) is 29.6 Å². The maximum absolute atomic E-state index is 5.30. The van der Waals surface area contributed by atoms with Gasteiger partial charge < -0.3 is 9.64 Å². The van der Waals surface area contributed by atoms with E-state index in [-0.39, 0.29) is 0 Å². The number of aromatic nitrogens is 1. The van der Waals surface area contributed by atoms with Gasteiger partial charge in [0.25, 0.3) is 0 Å². The third kappa shape index (κ3) is 7.61. The van der Waals surface area contributed by atoms with Crippen molar-refractivity contribution in [1.82, 2.24) is 4.98 Å². The van der Waals surface area contributed by atoms with E-state index in [9.17, 15) is 0 Å². The van der Waals surface area contributed by atoms with Gasteiger partial charge in [-0.25, -0.2) is 4.98 Å². The molecule has 3 nitrogen and oxygen atoms in total. The van der Waals surface area contributed by atoms with E-state index in [0.29, 0.717) is 0 Å². The number of methoxy groups -OCH3 is 1. The molecule has 0 aliphatic heterocycles. The fourth-order valence-corrected chi connectivity index (χ4v) is 4.85. The number of thiazole rings is 1. The molecule has 0 fully saturated rings. The molecule has 2 unspecified atom stereocenters. The summed E-state index contributed by atoms with van der Waals surface area (Å²) >= 11 is 1.80. The normalized spacial score (nSPS) is 13.2. The van der Waals surface area contributed by atoms with E-state index in [1.807, 2.05) is 12.1 Å². The molecule has 0 saturated carbocycles. The number of anilines is 1. The molecule has 0 aliphatic carbocycles. The van der Waals surface area contributed by atoms with Crippen LogP contribution in [0.25, 0.3) is 11.3 Å². The number of ether oxygens (including phenoxy) is 1. The summed E-state index contributed by atoms with van der Waals surface area (Å²) in [7, 11) is 1.71. The minimum Gasteiger partial charge on any atom is -0.497 e. The fourth-order valence-electron chi connectivity index (χ4n) is 3.99. The van der Waals surface area contributed by atoms with Gasteiger partial charge in [0.1, 0.15) is 5.75 Å². The monoisotopic (exact) mass is 430 g/mol. The topological polar surface area (TPSA) is 25.4 Å². The molecule has 0 amide bonds. The number of unbranched alkanes of at least 4 members (excludes halogenated alkanes) is 2. The third-order valence-corrected chi connectivity index (χ3v) is 7.09. The standard InChI is InChI=1S/C26H42N2OS/c1-6-10-12-21(8-3)18-28(19-22(9-4)13-11-7-2)26-27-25(20-30-26)23-14-16-24(29-5)17-15-23/h14-17,20-22H,6-13,18-19H2,1-5H3. The fraction of sp³-hybridized carbons (Fsp3) is 0.654. The minimum atomic E-state index is 0.752. The highest BCUT2D eigenvalue weighted by Gasteiger charge is 2.20. The van der Waals surface area contributed by atoms with E-state index in [1.165, 1.54) is 56.5 Å². The van der Waals surface area contributed by atoms with Gasteiger partial charge in [-0.05, 0) is 48.9 Å². The minimum absolute atomic E-state index is 0.752. The van der Waals surface area contributed by atoms with Crippen molar-refractivity contribution in [1.29, 1.82) is 0 Å². The SMILES string of the molecule is CCCCC(CC)CN(CC(CC)CCCC)c1nc(-c2ccc(OC)cc2)cs1. The van der Waals surface area contributed by atoms with E-state index in [1.54, 1.807) is 18.4 Å². The van der Waals surface area contributed by atoms with E-state index < -0.39 is 0 Å². The Bertz CT molecular complexity index is 679. The van der Waals surface area contributed by atoms with Gasteiger partial charge in [0, 0.05) is 24.0 Å². The van der Waals surface area contributed by atoms with Crippen molar-refractivity contribution in [3.05, 3.63) is 29.6 Å². The Morgan fingerprint density at radius 3 is 1.93 bits per heavy atom. The highest BCUT2D eigenvalue weighted by atomic mass is 32.1. The maximum atomic E-state index is 5.30. The smallest absolute Gasteiger partial charge is 0.185 e. The van der Waals surface area contributed by atoms with Gasteiger partial charge in [-0.15, -0.1) is 11.3 Å². The summed E-state index contributed by atoms with van der Waals surface area (Å²) in [4.78, 5) is 7.68. The van der Waals surface area contributed by atoms with Crippen LogP contribution in [0.3, 0.4) is 0 Å². The Kier molecular flexibility index (Phi) is 11.3. The first-order valence-electron chi connectivity index (χ1n) is 12.0. The molecule has 0 aliphatic rings. The van der Waals surface area contributed by atoms with Gasteiger partial charge in [-0.3, -0.25) is 0 Å². The predicted molar refractivity (Wildman–Crippen MR) is 133 cm³/mol. The molecular formula is C26H42N2OS. The van der Waals surface area contributed by atoms with Crippen LogP contribution in [-0.4, -0.2) is 25.2 Å². The van der Waals surface area contributed by atoms with Crippen molar-refractivity contribution in [2.24, 2.45) is 11.8 Å². The quantitative estimate of drug-likeness (QED) is 0.286. The highest BCUT2D eigenvalue weighted by Crippen LogP contribution is 2.31. The summed E-state index contributed by atoms with van der Waals surface area (Å²) in [5.74, 6) is 2.39. The second-order valence-corrected chi connectivity index (χ2v) is 9.32. The second kappa shape index (κ2) is 13.7. The molecule has 0 spiro atoms. The Labute approximate surface area is 188 Å². The Morgan fingerprint density at radius 2 is 1.47 bits per heavy atom. The van der Waals surface area contributed by atoms with Crippen LogP contribution in [-0.2, 0) is 0 Å². The molecule has 0 saturated heterocycles. The lowest BCUT2D eigenvalue weighted by Crippen LogP contribution is -2.34. The Morgan fingerprint density at radius 1 is 0.900 bits per heavy atom. The number of hydrogen-bond acceptors (Lipinski definition) is 4. The Balaban J connectivity index is 2.20. The number of hydrogen-bond donors (Lipinski definition) is 0. The summed E-state index contributed by atoms with van der Waals surface area (Å²) < 4.78 is 5.30. The molecule has 4 heteroatoms. The van der Waals surface area contributed by atoms with Gasteiger partial charge in [-0.2, -0.15) is 0 Å². The van der Waals surface area contributed by atoms with Crippen LogP contribution in [0.4, 0.5) is 5.13 Å². The summed E-state index contributed by atoms with van der Waals surface area (Å²) in [6, 6.07) is 8.24. The van der Waals surface area contributed by atoms with Crippen molar-refractivity contribution >= 4 is 16.5 Å². The lowest BCUT2D eigenvalue weighted by atomic mass is 9.96. The molecule has 30 heavy (non-hydrogen) atoms. The van der Waals surface area contributed by atoms with Crippen LogP contribution in [0.2, 0.25) is 0 Å². The zero-order chi connectivity index (χ0) is 21.8. The van der Waals surface area contributed by atoms with Gasteiger partial charge in [0.2, 0.25) is 0 Å². The zero-order valence-corrected chi connectivity index (χ0v) is 20.6. The summed E-state index contributed by atoms with van der Waals surface area (Å²) in [6.07, 6.45) is 10.4. The van der Waals surface area contributed by atoms with Crippen LogP contribution in [0, 0.1) is 11.8 Å².